The van der Waals surface area contributed by atoms with Crippen molar-refractivity contribution in [2.24, 2.45) is 0 Å². The molecule has 1 aliphatic rings. The summed E-state index contributed by atoms with van der Waals surface area (Å²) in [6, 6.07) is 17.5. The van der Waals surface area contributed by atoms with E-state index < -0.39 is 0 Å². The number of hydrogen-bond donors (Lipinski definition) is 2. The van der Waals surface area contributed by atoms with Crippen LogP contribution in [0.1, 0.15) is 42.1 Å². The molecule has 30 heavy (non-hydrogen) atoms. The summed E-state index contributed by atoms with van der Waals surface area (Å²) in [4.78, 5) is 21.1. The van der Waals surface area contributed by atoms with E-state index in [0.29, 0.717) is 17.4 Å². The average molecular weight is 397 g/mol. The van der Waals surface area contributed by atoms with Crippen molar-refractivity contribution in [3.8, 4) is 11.1 Å². The maximum Gasteiger partial charge on any atom is 0.255 e. The largest absolute Gasteiger partial charge is 0.383 e. The van der Waals surface area contributed by atoms with Crippen molar-refractivity contribution in [2.45, 2.75) is 31.7 Å². The highest BCUT2D eigenvalue weighted by Crippen LogP contribution is 2.38. The Hall–Kier alpha value is -3.67. The van der Waals surface area contributed by atoms with E-state index >= 15 is 0 Å². The highest BCUT2D eigenvalue weighted by atomic mass is 16.1. The Labute approximate surface area is 174 Å². The maximum atomic E-state index is 12.4. The minimum Gasteiger partial charge on any atom is -0.383 e. The minimum atomic E-state index is -0.126. The van der Waals surface area contributed by atoms with E-state index in [4.69, 9.17) is 5.73 Å². The van der Waals surface area contributed by atoms with Crippen molar-refractivity contribution in [2.75, 3.05) is 11.1 Å². The Morgan fingerprint density at radius 3 is 2.47 bits per heavy atom. The number of rotatable bonds is 4. The van der Waals surface area contributed by atoms with E-state index in [2.05, 4.69) is 26.0 Å². The number of aromatic nitrogens is 3. The standard InChI is InChI=1S/C24H23N5O/c25-22-21-20(14-29(19-8-4-5-9-19)23(21)27-15-26-22)16-10-12-18(13-11-16)28-24(30)17-6-2-1-3-7-17/h1-3,6-7,10-15,19H,4-5,8-9H2,(H,28,30)(H2,25,26,27). The van der Waals surface area contributed by atoms with Gasteiger partial charge in [0.25, 0.3) is 5.91 Å². The fraction of sp³-hybridized carbons (Fsp3) is 0.208. The number of anilines is 2. The van der Waals surface area contributed by atoms with Gasteiger partial charge in [0, 0.05) is 29.1 Å². The molecule has 0 saturated heterocycles. The smallest absolute Gasteiger partial charge is 0.255 e. The molecule has 2 aromatic heterocycles. The van der Waals surface area contributed by atoms with Crippen LogP contribution in [0.25, 0.3) is 22.2 Å². The first-order chi connectivity index (χ1) is 14.7. The minimum absolute atomic E-state index is 0.126. The van der Waals surface area contributed by atoms with E-state index in [1.165, 1.54) is 19.2 Å². The monoisotopic (exact) mass is 397 g/mol. The van der Waals surface area contributed by atoms with Gasteiger partial charge in [0.05, 0.1) is 5.39 Å². The van der Waals surface area contributed by atoms with Crippen molar-refractivity contribution in [1.29, 1.82) is 0 Å². The van der Waals surface area contributed by atoms with Gasteiger partial charge in [-0.15, -0.1) is 0 Å². The Bertz CT molecular complexity index is 1190. The summed E-state index contributed by atoms with van der Waals surface area (Å²) in [5.41, 5.74) is 10.6. The van der Waals surface area contributed by atoms with Gasteiger partial charge < -0.3 is 15.6 Å². The first-order valence-electron chi connectivity index (χ1n) is 10.3. The molecule has 1 fully saturated rings. The van der Waals surface area contributed by atoms with Gasteiger partial charge in [0.2, 0.25) is 0 Å². The number of carbonyl (C=O) groups excluding carboxylic acids is 1. The van der Waals surface area contributed by atoms with Gasteiger partial charge in [-0.25, -0.2) is 9.97 Å². The predicted octanol–water partition coefficient (Wildman–Crippen LogP) is 5.05. The first-order valence-corrected chi connectivity index (χ1v) is 10.3. The number of nitrogens with one attached hydrogen (secondary N) is 1. The summed E-state index contributed by atoms with van der Waals surface area (Å²) in [6.07, 6.45) is 8.51. The predicted molar refractivity (Wildman–Crippen MR) is 119 cm³/mol. The molecular formula is C24H23N5O. The number of benzene rings is 2. The molecule has 4 aromatic rings. The molecule has 1 aliphatic carbocycles. The van der Waals surface area contributed by atoms with Crippen molar-refractivity contribution in [3.63, 3.8) is 0 Å². The first kappa shape index (κ1) is 18.4. The molecule has 0 radical (unpaired) electrons. The molecule has 6 heteroatoms. The number of carbonyl (C=O) groups is 1. The van der Waals surface area contributed by atoms with Crippen LogP contribution in [0.5, 0.6) is 0 Å². The van der Waals surface area contributed by atoms with Crippen molar-refractivity contribution < 1.29 is 4.79 Å². The Morgan fingerprint density at radius 1 is 1.00 bits per heavy atom. The molecule has 3 N–H and O–H groups in total. The Morgan fingerprint density at radius 2 is 1.73 bits per heavy atom. The Kier molecular flexibility index (Phi) is 4.67. The molecule has 0 spiro atoms. The van der Waals surface area contributed by atoms with E-state index in [0.717, 1.165) is 40.7 Å². The lowest BCUT2D eigenvalue weighted by Crippen LogP contribution is -2.11. The van der Waals surface area contributed by atoms with E-state index in [1.807, 2.05) is 42.5 Å². The van der Waals surface area contributed by atoms with Crippen LogP contribution in [0.4, 0.5) is 11.5 Å². The third-order valence-corrected chi connectivity index (χ3v) is 5.85. The van der Waals surface area contributed by atoms with Crippen molar-refractivity contribution >= 4 is 28.4 Å². The maximum absolute atomic E-state index is 12.4. The van der Waals surface area contributed by atoms with Crippen LogP contribution in [0, 0.1) is 0 Å². The zero-order valence-electron chi connectivity index (χ0n) is 16.6. The average Bonchev–Trinajstić information content (AvgIpc) is 3.43. The number of nitrogens with two attached hydrogens (primary N) is 1. The van der Waals surface area contributed by atoms with Crippen LogP contribution < -0.4 is 11.1 Å². The molecule has 6 nitrogen and oxygen atoms in total. The molecule has 0 unspecified atom stereocenters. The normalized spacial score (nSPS) is 14.3. The second-order valence-electron chi connectivity index (χ2n) is 7.74. The quantitative estimate of drug-likeness (QED) is 0.505. The van der Waals surface area contributed by atoms with Crippen molar-refractivity contribution in [1.82, 2.24) is 14.5 Å². The van der Waals surface area contributed by atoms with Gasteiger partial charge in [0.1, 0.15) is 17.8 Å². The lowest BCUT2D eigenvalue weighted by Gasteiger charge is -2.12. The Balaban J connectivity index is 1.48. The molecule has 150 valence electrons. The highest BCUT2D eigenvalue weighted by Gasteiger charge is 2.22. The molecule has 2 aromatic carbocycles. The lowest BCUT2D eigenvalue weighted by molar-refractivity contribution is 0.102. The van der Waals surface area contributed by atoms with E-state index in [1.54, 1.807) is 12.1 Å². The van der Waals surface area contributed by atoms with Crippen LogP contribution in [-0.4, -0.2) is 20.4 Å². The fourth-order valence-electron chi connectivity index (χ4n) is 4.31. The molecular weight excluding hydrogens is 374 g/mol. The van der Waals surface area contributed by atoms with Gasteiger partial charge in [-0.1, -0.05) is 43.2 Å². The molecule has 0 bridgehead atoms. The van der Waals surface area contributed by atoms with Crippen LogP contribution in [0.3, 0.4) is 0 Å². The lowest BCUT2D eigenvalue weighted by atomic mass is 10.1. The summed E-state index contributed by atoms with van der Waals surface area (Å²) in [5, 5.41) is 3.84. The topological polar surface area (TPSA) is 85.8 Å². The van der Waals surface area contributed by atoms with Gasteiger partial charge in [-0.3, -0.25) is 4.79 Å². The number of fused-ring (bicyclic) bond motifs is 1. The van der Waals surface area contributed by atoms with Gasteiger partial charge in [0.15, 0.2) is 0 Å². The second-order valence-corrected chi connectivity index (χ2v) is 7.74. The van der Waals surface area contributed by atoms with Crippen LogP contribution in [-0.2, 0) is 0 Å². The zero-order valence-corrected chi connectivity index (χ0v) is 16.6. The van der Waals surface area contributed by atoms with Gasteiger partial charge >= 0.3 is 0 Å². The summed E-state index contributed by atoms with van der Waals surface area (Å²) in [6.45, 7) is 0. The van der Waals surface area contributed by atoms with E-state index in [-0.39, 0.29) is 5.91 Å². The highest BCUT2D eigenvalue weighted by molar-refractivity contribution is 6.05. The molecule has 2 heterocycles. The third kappa shape index (κ3) is 3.30. The molecule has 5 rings (SSSR count). The summed E-state index contributed by atoms with van der Waals surface area (Å²) < 4.78 is 2.26. The third-order valence-electron chi connectivity index (χ3n) is 5.85. The number of hydrogen-bond acceptors (Lipinski definition) is 4. The number of nitrogen functional groups attached to an aromatic ring is 1. The second kappa shape index (κ2) is 7.63. The van der Waals surface area contributed by atoms with Gasteiger partial charge in [-0.2, -0.15) is 0 Å². The molecule has 0 atom stereocenters. The van der Waals surface area contributed by atoms with E-state index in [9.17, 15) is 4.79 Å². The van der Waals surface area contributed by atoms with Crippen molar-refractivity contribution in [3.05, 3.63) is 72.7 Å². The molecule has 1 saturated carbocycles. The molecule has 0 aliphatic heterocycles. The summed E-state index contributed by atoms with van der Waals surface area (Å²) >= 11 is 0. The van der Waals surface area contributed by atoms with Crippen LogP contribution in [0.15, 0.2) is 67.1 Å². The van der Waals surface area contributed by atoms with Crippen LogP contribution in [0.2, 0.25) is 0 Å². The fourth-order valence-corrected chi connectivity index (χ4v) is 4.31. The molecule has 1 amide bonds. The summed E-state index contributed by atoms with van der Waals surface area (Å²) in [7, 11) is 0. The summed E-state index contributed by atoms with van der Waals surface area (Å²) in [5.74, 6) is 0.368. The SMILES string of the molecule is Nc1ncnc2c1c(-c1ccc(NC(=O)c3ccccc3)cc1)cn2C1CCCC1. The van der Waals surface area contributed by atoms with Crippen LogP contribution >= 0.6 is 0 Å². The van der Waals surface area contributed by atoms with Gasteiger partial charge in [-0.05, 0) is 42.7 Å². The zero-order chi connectivity index (χ0) is 20.5. The number of amides is 1. The number of nitrogens with zero attached hydrogens (tertiary/aromatic N) is 3.